The summed E-state index contributed by atoms with van der Waals surface area (Å²) < 4.78 is 2.63. The third-order valence-electron chi connectivity index (χ3n) is 4.24. The van der Waals surface area contributed by atoms with Gasteiger partial charge in [0, 0.05) is 41.0 Å². The Morgan fingerprint density at radius 3 is 3.13 bits per heavy atom. The van der Waals surface area contributed by atoms with Gasteiger partial charge in [0.15, 0.2) is 11.3 Å². The standard InChI is InChI=1S/C16H14IN5O/c1-10-13-2-4-18-7-11(13)3-5-21(10)16(23)14-6-15-19-8-12(17)9-22(15)20-14/h2,4,6-10H,3,5H2,1H3. The fourth-order valence-electron chi connectivity index (χ4n) is 3.04. The number of aromatic nitrogens is 4. The van der Waals surface area contributed by atoms with E-state index in [1.807, 2.05) is 30.3 Å². The first-order chi connectivity index (χ1) is 11.1. The minimum atomic E-state index is -0.0551. The van der Waals surface area contributed by atoms with Gasteiger partial charge in [-0.15, -0.1) is 0 Å². The molecule has 116 valence electrons. The summed E-state index contributed by atoms with van der Waals surface area (Å²) in [5, 5.41) is 4.38. The van der Waals surface area contributed by atoms with Gasteiger partial charge in [0.25, 0.3) is 5.91 Å². The van der Waals surface area contributed by atoms with Crippen LogP contribution in [-0.2, 0) is 6.42 Å². The van der Waals surface area contributed by atoms with Crippen LogP contribution < -0.4 is 0 Å². The highest BCUT2D eigenvalue weighted by Crippen LogP contribution is 2.29. The molecule has 0 radical (unpaired) electrons. The quantitative estimate of drug-likeness (QED) is 0.569. The summed E-state index contributed by atoms with van der Waals surface area (Å²) in [7, 11) is 0. The molecule has 1 unspecified atom stereocenters. The smallest absolute Gasteiger partial charge is 0.274 e. The van der Waals surface area contributed by atoms with E-state index in [1.165, 1.54) is 5.56 Å². The largest absolute Gasteiger partial charge is 0.330 e. The number of carbonyl (C=O) groups is 1. The normalized spacial score (nSPS) is 17.3. The van der Waals surface area contributed by atoms with Crippen LogP contribution in [0.2, 0.25) is 0 Å². The Morgan fingerprint density at radius 1 is 1.39 bits per heavy atom. The molecule has 6 nitrogen and oxygen atoms in total. The molecule has 23 heavy (non-hydrogen) atoms. The molecule has 1 aliphatic heterocycles. The molecule has 3 aromatic rings. The average Bonchev–Trinajstić information content (AvgIpc) is 2.98. The maximum Gasteiger partial charge on any atom is 0.274 e. The molecule has 1 aliphatic rings. The summed E-state index contributed by atoms with van der Waals surface area (Å²) in [6, 6.07) is 3.76. The van der Waals surface area contributed by atoms with E-state index in [4.69, 9.17) is 0 Å². The molecule has 0 aromatic carbocycles. The molecule has 4 rings (SSSR count). The Bertz CT molecular complexity index is 906. The summed E-state index contributed by atoms with van der Waals surface area (Å²) in [6.45, 7) is 2.73. The van der Waals surface area contributed by atoms with E-state index >= 15 is 0 Å². The summed E-state index contributed by atoms with van der Waals surface area (Å²) in [5.41, 5.74) is 3.50. The Labute approximate surface area is 146 Å². The van der Waals surface area contributed by atoms with Gasteiger partial charge in [0.1, 0.15) is 0 Å². The summed E-state index contributed by atoms with van der Waals surface area (Å²) in [4.78, 5) is 23.2. The van der Waals surface area contributed by atoms with Gasteiger partial charge in [-0.05, 0) is 53.1 Å². The molecule has 0 saturated carbocycles. The predicted molar refractivity (Wildman–Crippen MR) is 93.1 cm³/mol. The van der Waals surface area contributed by atoms with Crippen LogP contribution in [0.25, 0.3) is 5.65 Å². The van der Waals surface area contributed by atoms with E-state index in [-0.39, 0.29) is 11.9 Å². The van der Waals surface area contributed by atoms with Gasteiger partial charge in [-0.2, -0.15) is 5.10 Å². The Kier molecular flexibility index (Phi) is 3.51. The van der Waals surface area contributed by atoms with Gasteiger partial charge in [0.05, 0.1) is 6.04 Å². The molecule has 3 aromatic heterocycles. The molecule has 0 bridgehead atoms. The van der Waals surface area contributed by atoms with Crippen LogP contribution in [0.4, 0.5) is 0 Å². The third-order valence-corrected chi connectivity index (χ3v) is 4.80. The van der Waals surface area contributed by atoms with Crippen molar-refractivity contribution in [1.29, 1.82) is 0 Å². The second-order valence-electron chi connectivity index (χ2n) is 5.60. The monoisotopic (exact) mass is 419 g/mol. The maximum absolute atomic E-state index is 12.9. The minimum Gasteiger partial charge on any atom is -0.330 e. The van der Waals surface area contributed by atoms with Gasteiger partial charge < -0.3 is 4.90 Å². The molecule has 0 aliphatic carbocycles. The van der Waals surface area contributed by atoms with E-state index in [9.17, 15) is 4.79 Å². The van der Waals surface area contributed by atoms with Crippen LogP contribution in [0.3, 0.4) is 0 Å². The Morgan fingerprint density at radius 2 is 2.26 bits per heavy atom. The molecule has 0 spiro atoms. The van der Waals surface area contributed by atoms with Crippen LogP contribution in [-0.4, -0.2) is 36.9 Å². The van der Waals surface area contributed by atoms with E-state index in [0.29, 0.717) is 17.9 Å². The van der Waals surface area contributed by atoms with Crippen molar-refractivity contribution < 1.29 is 4.79 Å². The van der Waals surface area contributed by atoms with Gasteiger partial charge in [0.2, 0.25) is 0 Å². The number of nitrogens with zero attached hydrogens (tertiary/aromatic N) is 5. The third kappa shape index (κ3) is 2.48. The number of hydrogen-bond acceptors (Lipinski definition) is 4. The molecule has 7 heteroatoms. The van der Waals surface area contributed by atoms with Crippen molar-refractivity contribution in [2.75, 3.05) is 6.54 Å². The van der Waals surface area contributed by atoms with Gasteiger partial charge in [-0.1, -0.05) is 0 Å². The fourth-order valence-corrected chi connectivity index (χ4v) is 3.44. The van der Waals surface area contributed by atoms with Crippen LogP contribution in [0.1, 0.15) is 34.6 Å². The molecule has 1 atom stereocenters. The lowest BCUT2D eigenvalue weighted by atomic mass is 9.95. The summed E-state index contributed by atoms with van der Waals surface area (Å²) in [6.07, 6.45) is 8.12. The number of carbonyl (C=O) groups excluding carboxylic acids is 1. The van der Waals surface area contributed by atoms with Crippen molar-refractivity contribution in [2.24, 2.45) is 0 Å². The zero-order valence-electron chi connectivity index (χ0n) is 12.5. The molecular formula is C16H14IN5O. The van der Waals surface area contributed by atoms with E-state index in [2.05, 4.69) is 37.7 Å². The topological polar surface area (TPSA) is 63.4 Å². The molecule has 0 saturated heterocycles. The first kappa shape index (κ1) is 14.6. The number of pyridine rings is 1. The van der Waals surface area contributed by atoms with Gasteiger partial charge >= 0.3 is 0 Å². The Balaban J connectivity index is 1.68. The van der Waals surface area contributed by atoms with Crippen LogP contribution in [0, 0.1) is 3.57 Å². The van der Waals surface area contributed by atoms with Crippen molar-refractivity contribution in [3.8, 4) is 0 Å². The zero-order chi connectivity index (χ0) is 16.0. The number of fused-ring (bicyclic) bond motifs is 2. The molecule has 0 fully saturated rings. The molecule has 4 heterocycles. The van der Waals surface area contributed by atoms with E-state index < -0.39 is 0 Å². The van der Waals surface area contributed by atoms with Crippen molar-refractivity contribution >= 4 is 34.1 Å². The zero-order valence-corrected chi connectivity index (χ0v) is 14.6. The van der Waals surface area contributed by atoms with Crippen LogP contribution in [0.15, 0.2) is 36.9 Å². The van der Waals surface area contributed by atoms with Crippen LogP contribution in [0.5, 0.6) is 0 Å². The lowest BCUT2D eigenvalue weighted by Crippen LogP contribution is -2.39. The second-order valence-corrected chi connectivity index (χ2v) is 6.85. The highest BCUT2D eigenvalue weighted by Gasteiger charge is 2.29. The minimum absolute atomic E-state index is 0.0205. The summed E-state index contributed by atoms with van der Waals surface area (Å²) in [5.74, 6) is -0.0551. The molecule has 0 N–H and O–H groups in total. The second kappa shape index (κ2) is 5.55. The first-order valence-corrected chi connectivity index (χ1v) is 8.46. The SMILES string of the molecule is CC1c2ccncc2CCN1C(=O)c1cc2ncc(I)cn2n1. The molecule has 1 amide bonds. The highest BCUT2D eigenvalue weighted by molar-refractivity contribution is 14.1. The van der Waals surface area contributed by atoms with Crippen molar-refractivity contribution in [2.45, 2.75) is 19.4 Å². The van der Waals surface area contributed by atoms with Crippen molar-refractivity contribution in [3.63, 3.8) is 0 Å². The number of hydrogen-bond donors (Lipinski definition) is 0. The van der Waals surface area contributed by atoms with Crippen molar-refractivity contribution in [1.82, 2.24) is 24.5 Å². The number of rotatable bonds is 1. The predicted octanol–water partition coefficient (Wildman–Crippen LogP) is 2.49. The maximum atomic E-state index is 12.9. The molecular weight excluding hydrogens is 405 g/mol. The van der Waals surface area contributed by atoms with Gasteiger partial charge in [-0.3, -0.25) is 9.78 Å². The Hall–Kier alpha value is -2.03. The van der Waals surface area contributed by atoms with E-state index in [1.54, 1.807) is 23.0 Å². The number of halogens is 1. The first-order valence-electron chi connectivity index (χ1n) is 7.38. The summed E-state index contributed by atoms with van der Waals surface area (Å²) >= 11 is 2.18. The van der Waals surface area contributed by atoms with Crippen molar-refractivity contribution in [3.05, 3.63) is 57.3 Å². The van der Waals surface area contributed by atoms with Crippen LogP contribution >= 0.6 is 22.6 Å². The average molecular weight is 419 g/mol. The number of amides is 1. The fraction of sp³-hybridized carbons (Fsp3) is 0.250. The lowest BCUT2D eigenvalue weighted by Gasteiger charge is -2.34. The van der Waals surface area contributed by atoms with E-state index in [0.717, 1.165) is 15.6 Å². The lowest BCUT2D eigenvalue weighted by molar-refractivity contribution is 0.0671. The highest BCUT2D eigenvalue weighted by atomic mass is 127. The van der Waals surface area contributed by atoms with Gasteiger partial charge in [-0.25, -0.2) is 9.50 Å².